The molecule has 168 valence electrons. The predicted octanol–water partition coefficient (Wildman–Crippen LogP) is 4.71. The van der Waals surface area contributed by atoms with Crippen molar-refractivity contribution in [1.29, 1.82) is 0 Å². The first-order chi connectivity index (χ1) is 14.9. The summed E-state index contributed by atoms with van der Waals surface area (Å²) >= 11 is 0. The third-order valence-electron chi connectivity index (χ3n) is 5.20. The fraction of sp³-hybridized carbons (Fsp3) is 0.440. The number of halogens is 1. The maximum Gasteiger partial charge on any atom is 0.243 e. The second-order valence-corrected chi connectivity index (χ2v) is 7.66. The minimum atomic E-state index is -0.582. The predicted molar refractivity (Wildman–Crippen MR) is 120 cm³/mol. The van der Waals surface area contributed by atoms with Crippen LogP contribution in [0.4, 0.5) is 4.39 Å². The Morgan fingerprint density at radius 2 is 1.71 bits per heavy atom. The lowest BCUT2D eigenvalue weighted by Crippen LogP contribution is -2.50. The van der Waals surface area contributed by atoms with E-state index in [-0.39, 0.29) is 36.6 Å². The average molecular weight is 429 g/mol. The highest BCUT2D eigenvalue weighted by Gasteiger charge is 2.28. The molecule has 0 aliphatic carbocycles. The van der Waals surface area contributed by atoms with Gasteiger partial charge >= 0.3 is 0 Å². The van der Waals surface area contributed by atoms with E-state index < -0.39 is 6.04 Å². The smallest absolute Gasteiger partial charge is 0.243 e. The highest BCUT2D eigenvalue weighted by atomic mass is 19.1. The van der Waals surface area contributed by atoms with E-state index in [9.17, 15) is 14.0 Å². The molecular formula is C25H33FN2O3. The van der Waals surface area contributed by atoms with Crippen LogP contribution >= 0.6 is 0 Å². The number of carbonyl (C=O) groups excluding carboxylic acids is 2. The summed E-state index contributed by atoms with van der Waals surface area (Å²) in [5.41, 5.74) is 0.782. The Morgan fingerprint density at radius 1 is 1.03 bits per heavy atom. The van der Waals surface area contributed by atoms with Crippen molar-refractivity contribution in [2.45, 2.75) is 65.1 Å². The number of benzene rings is 2. The minimum absolute atomic E-state index is 0.0311. The molecule has 2 amide bonds. The van der Waals surface area contributed by atoms with Crippen molar-refractivity contribution in [2.24, 2.45) is 0 Å². The van der Waals surface area contributed by atoms with Gasteiger partial charge in [0.05, 0.1) is 6.61 Å². The second kappa shape index (κ2) is 12.7. The molecule has 2 rings (SSSR count). The summed E-state index contributed by atoms with van der Waals surface area (Å²) in [5.74, 6) is 0.152. The van der Waals surface area contributed by atoms with Crippen molar-refractivity contribution in [3.63, 3.8) is 0 Å². The van der Waals surface area contributed by atoms with Crippen LogP contribution in [0.15, 0.2) is 54.6 Å². The Balaban J connectivity index is 2.06. The normalized spacial score (nSPS) is 12.6. The molecule has 5 nitrogen and oxygen atoms in total. The van der Waals surface area contributed by atoms with Crippen molar-refractivity contribution in [2.75, 3.05) is 6.61 Å². The lowest BCUT2D eigenvalue weighted by molar-refractivity contribution is -0.141. The summed E-state index contributed by atoms with van der Waals surface area (Å²) < 4.78 is 19.0. The monoisotopic (exact) mass is 428 g/mol. The van der Waals surface area contributed by atoms with Crippen molar-refractivity contribution >= 4 is 11.8 Å². The van der Waals surface area contributed by atoms with Crippen LogP contribution < -0.4 is 10.1 Å². The summed E-state index contributed by atoms with van der Waals surface area (Å²) in [6.45, 7) is 6.50. The molecule has 0 aliphatic heterocycles. The molecule has 0 saturated carbocycles. The molecule has 0 aliphatic rings. The number of ether oxygens (including phenoxy) is 1. The van der Waals surface area contributed by atoms with Crippen LogP contribution in [-0.2, 0) is 16.1 Å². The van der Waals surface area contributed by atoms with E-state index in [0.717, 1.165) is 17.7 Å². The van der Waals surface area contributed by atoms with E-state index >= 15 is 0 Å². The molecule has 2 aromatic carbocycles. The van der Waals surface area contributed by atoms with E-state index in [2.05, 4.69) is 5.32 Å². The molecule has 6 heteroatoms. The summed E-state index contributed by atoms with van der Waals surface area (Å²) in [4.78, 5) is 27.6. The molecule has 0 fully saturated rings. The van der Waals surface area contributed by atoms with Crippen LogP contribution in [0.5, 0.6) is 5.75 Å². The first-order valence-electron chi connectivity index (χ1n) is 11.0. The van der Waals surface area contributed by atoms with Gasteiger partial charge in [-0.2, -0.15) is 0 Å². The standard InChI is InChI=1S/C25H33FN2O3/c1-4-19(3)27-25(30)23(5-2)28(18-20-13-15-21(26)16-14-20)24(29)12-9-17-31-22-10-7-6-8-11-22/h6-8,10-11,13-16,19,23H,4-5,9,12,17-18H2,1-3H3,(H,27,30). The Morgan fingerprint density at radius 3 is 2.32 bits per heavy atom. The molecule has 31 heavy (non-hydrogen) atoms. The van der Waals surface area contributed by atoms with Crippen molar-refractivity contribution in [3.05, 3.63) is 66.0 Å². The van der Waals surface area contributed by atoms with Crippen LogP contribution in [0.1, 0.15) is 52.0 Å². The van der Waals surface area contributed by atoms with Gasteiger partial charge in [-0.05, 0) is 56.0 Å². The van der Waals surface area contributed by atoms with Gasteiger partial charge in [-0.1, -0.05) is 44.2 Å². The summed E-state index contributed by atoms with van der Waals surface area (Å²) in [6.07, 6.45) is 2.11. The minimum Gasteiger partial charge on any atom is -0.494 e. The van der Waals surface area contributed by atoms with Gasteiger partial charge in [-0.15, -0.1) is 0 Å². The first-order valence-corrected chi connectivity index (χ1v) is 11.0. The third-order valence-corrected chi connectivity index (χ3v) is 5.20. The second-order valence-electron chi connectivity index (χ2n) is 7.66. The zero-order valence-corrected chi connectivity index (χ0v) is 18.6. The molecule has 1 N–H and O–H groups in total. The summed E-state index contributed by atoms with van der Waals surface area (Å²) in [5, 5.41) is 2.98. The molecule has 0 saturated heterocycles. The lowest BCUT2D eigenvalue weighted by atomic mass is 10.1. The number of carbonyl (C=O) groups is 2. The Labute approximate surface area is 184 Å². The van der Waals surface area contributed by atoms with E-state index in [1.54, 1.807) is 17.0 Å². The van der Waals surface area contributed by atoms with E-state index in [1.807, 2.05) is 51.1 Å². The van der Waals surface area contributed by atoms with Gasteiger partial charge in [0.25, 0.3) is 0 Å². The Kier molecular flexibility index (Phi) is 10.0. The number of amides is 2. The SMILES string of the molecule is CCC(C)NC(=O)C(CC)N(Cc1ccc(F)cc1)C(=O)CCCOc1ccccc1. The summed E-state index contributed by atoms with van der Waals surface area (Å²) in [7, 11) is 0. The van der Waals surface area contributed by atoms with Crippen molar-refractivity contribution < 1.29 is 18.7 Å². The van der Waals surface area contributed by atoms with Crippen molar-refractivity contribution in [3.8, 4) is 5.75 Å². The van der Waals surface area contributed by atoms with Crippen LogP contribution in [0, 0.1) is 5.82 Å². The molecule has 2 aromatic rings. The summed E-state index contributed by atoms with van der Waals surface area (Å²) in [6, 6.07) is 14.9. The van der Waals surface area contributed by atoms with Gasteiger partial charge in [0, 0.05) is 19.0 Å². The van der Waals surface area contributed by atoms with E-state index in [4.69, 9.17) is 4.74 Å². The Bertz CT molecular complexity index is 811. The molecule has 0 radical (unpaired) electrons. The highest BCUT2D eigenvalue weighted by molar-refractivity contribution is 5.87. The first kappa shape index (κ1) is 24.4. The zero-order valence-electron chi connectivity index (χ0n) is 18.6. The molecule has 0 aromatic heterocycles. The van der Waals surface area contributed by atoms with Crippen molar-refractivity contribution in [1.82, 2.24) is 10.2 Å². The van der Waals surface area contributed by atoms with E-state index in [1.165, 1.54) is 12.1 Å². The molecule has 0 spiro atoms. The molecule has 2 atom stereocenters. The molecule has 2 unspecified atom stereocenters. The number of nitrogens with zero attached hydrogens (tertiary/aromatic N) is 1. The van der Waals surface area contributed by atoms with Gasteiger partial charge in [0.15, 0.2) is 0 Å². The van der Waals surface area contributed by atoms with Crippen LogP contribution in [0.2, 0.25) is 0 Å². The van der Waals surface area contributed by atoms with Gasteiger partial charge in [0.1, 0.15) is 17.6 Å². The zero-order chi connectivity index (χ0) is 22.6. The lowest BCUT2D eigenvalue weighted by Gasteiger charge is -2.31. The number of hydrogen-bond donors (Lipinski definition) is 1. The quantitative estimate of drug-likeness (QED) is 0.498. The highest BCUT2D eigenvalue weighted by Crippen LogP contribution is 2.16. The fourth-order valence-electron chi connectivity index (χ4n) is 3.22. The van der Waals surface area contributed by atoms with Gasteiger partial charge in [-0.3, -0.25) is 9.59 Å². The van der Waals surface area contributed by atoms with Crippen LogP contribution in [-0.4, -0.2) is 35.4 Å². The van der Waals surface area contributed by atoms with Crippen LogP contribution in [0.25, 0.3) is 0 Å². The topological polar surface area (TPSA) is 58.6 Å². The number of nitrogens with one attached hydrogen (secondary N) is 1. The Hall–Kier alpha value is -2.89. The van der Waals surface area contributed by atoms with Gasteiger partial charge in [0.2, 0.25) is 11.8 Å². The maximum absolute atomic E-state index is 13.3. The molecule has 0 heterocycles. The average Bonchev–Trinajstić information content (AvgIpc) is 2.78. The fourth-order valence-corrected chi connectivity index (χ4v) is 3.22. The number of para-hydroxylation sites is 1. The van der Waals surface area contributed by atoms with Crippen LogP contribution in [0.3, 0.4) is 0 Å². The number of rotatable bonds is 12. The molecular weight excluding hydrogens is 395 g/mol. The van der Waals surface area contributed by atoms with Gasteiger partial charge < -0.3 is 15.0 Å². The third kappa shape index (κ3) is 8.04. The van der Waals surface area contributed by atoms with E-state index in [0.29, 0.717) is 19.4 Å². The number of hydrogen-bond acceptors (Lipinski definition) is 3. The molecule has 0 bridgehead atoms. The largest absolute Gasteiger partial charge is 0.494 e. The maximum atomic E-state index is 13.3. The van der Waals surface area contributed by atoms with Gasteiger partial charge in [-0.25, -0.2) is 4.39 Å².